The molecule has 402 valence electrons. The van der Waals surface area contributed by atoms with Gasteiger partial charge in [0.15, 0.2) is 23.3 Å². The predicted molar refractivity (Wildman–Crippen MR) is 322 cm³/mol. The minimum atomic E-state index is 0.207. The number of benzene rings is 4. The van der Waals surface area contributed by atoms with Crippen molar-refractivity contribution in [1.29, 1.82) is 0 Å². The Morgan fingerprint density at radius 1 is 0.316 bits per heavy atom. The molecular weight excluding hydrogens is 937 g/mol. The zero-order chi connectivity index (χ0) is 53.0. The number of nitrogens with two attached hydrogens (primary N) is 4. The van der Waals surface area contributed by atoms with Crippen LogP contribution in [0.5, 0.6) is 0 Å². The van der Waals surface area contributed by atoms with Crippen molar-refractivity contribution in [3.8, 4) is 45.6 Å². The summed E-state index contributed by atoms with van der Waals surface area (Å²) in [4.78, 5) is 40.0. The van der Waals surface area contributed by atoms with Crippen LogP contribution < -0.4 is 22.9 Å². The minimum Gasteiger partial charge on any atom is -0.396 e. The second kappa shape index (κ2) is 26.0. The lowest BCUT2D eigenvalue weighted by molar-refractivity contribution is 0.589. The summed E-state index contributed by atoms with van der Waals surface area (Å²) in [6.07, 6.45) is 33.6. The SMILES string of the molecule is CCCCCCCCc1c(CCCCCCCC)c(CCCCCCCC)c2c(c1CCCCCCCC)-c1nc-2nc2[nH]c(nc3nc(nc4[nH]c(n1)c1ccccc41)-c1ccccc1-3)c1c(N)c(N)c(N)c(N)c21. The van der Waals surface area contributed by atoms with E-state index in [1.54, 1.807) is 5.56 Å². The van der Waals surface area contributed by atoms with Crippen molar-refractivity contribution in [3.05, 3.63) is 70.8 Å². The average Bonchev–Trinajstić information content (AvgIpc) is 4.25. The number of nitrogens with zero attached hydrogens (tertiary/aromatic N) is 6. The third kappa shape index (κ3) is 11.7. The van der Waals surface area contributed by atoms with E-state index in [9.17, 15) is 0 Å². The van der Waals surface area contributed by atoms with Crippen molar-refractivity contribution in [2.24, 2.45) is 0 Å². The molecule has 0 atom stereocenters. The van der Waals surface area contributed by atoms with Crippen LogP contribution in [0.2, 0.25) is 0 Å². The quantitative estimate of drug-likeness (QED) is 0.0202. The van der Waals surface area contributed by atoms with Crippen molar-refractivity contribution < 1.29 is 0 Å². The second-order valence-electron chi connectivity index (χ2n) is 21.8. The zero-order valence-electron chi connectivity index (χ0n) is 46.4. The first-order valence-corrected chi connectivity index (χ1v) is 29.7. The smallest absolute Gasteiger partial charge is 0.165 e. The van der Waals surface area contributed by atoms with E-state index in [1.165, 1.54) is 152 Å². The first-order valence-electron chi connectivity index (χ1n) is 29.7. The Bertz CT molecular complexity index is 3290. The van der Waals surface area contributed by atoms with Crippen LogP contribution in [0.1, 0.15) is 204 Å². The number of nitrogens with one attached hydrogen (secondary N) is 2. The monoisotopic (exact) mass is 1020 g/mol. The van der Waals surface area contributed by atoms with Gasteiger partial charge in [0.05, 0.1) is 33.5 Å². The molecule has 0 saturated heterocycles. The van der Waals surface area contributed by atoms with E-state index in [1.807, 2.05) is 24.3 Å². The molecule has 8 bridgehead atoms. The predicted octanol–water partition coefficient (Wildman–Crippen LogP) is 16.8. The van der Waals surface area contributed by atoms with E-state index in [0.717, 1.165) is 78.0 Å². The molecule has 0 saturated carbocycles. The number of anilines is 4. The summed E-state index contributed by atoms with van der Waals surface area (Å²) in [6.45, 7) is 9.21. The number of hydrogen-bond donors (Lipinski definition) is 6. The van der Waals surface area contributed by atoms with Gasteiger partial charge >= 0.3 is 0 Å². The van der Waals surface area contributed by atoms with Crippen molar-refractivity contribution in [2.45, 2.75) is 207 Å². The van der Waals surface area contributed by atoms with Crippen molar-refractivity contribution >= 4 is 66.9 Å². The molecule has 0 aliphatic carbocycles. The summed E-state index contributed by atoms with van der Waals surface area (Å²) in [6, 6.07) is 16.4. The van der Waals surface area contributed by atoms with Gasteiger partial charge in [0.2, 0.25) is 0 Å². The molecule has 2 aliphatic heterocycles. The number of nitrogen functional groups attached to an aromatic ring is 4. The molecule has 3 aromatic heterocycles. The van der Waals surface area contributed by atoms with E-state index in [4.69, 9.17) is 52.8 Å². The summed E-state index contributed by atoms with van der Waals surface area (Å²) < 4.78 is 0. The van der Waals surface area contributed by atoms with Crippen LogP contribution in [-0.2, 0) is 25.7 Å². The van der Waals surface area contributed by atoms with Crippen LogP contribution in [-0.4, -0.2) is 39.9 Å². The lowest BCUT2D eigenvalue weighted by Crippen LogP contribution is -2.11. The molecule has 0 radical (unpaired) electrons. The highest BCUT2D eigenvalue weighted by molar-refractivity contribution is 6.22. The molecule has 0 spiro atoms. The number of fused-ring (bicyclic) bond motifs is 20. The highest BCUT2D eigenvalue weighted by atomic mass is 15.1. The van der Waals surface area contributed by atoms with Gasteiger partial charge in [-0.1, -0.05) is 205 Å². The van der Waals surface area contributed by atoms with Crippen LogP contribution in [0, 0.1) is 0 Å². The summed E-state index contributed by atoms with van der Waals surface area (Å²) in [5.41, 5.74) is 40.5. The Morgan fingerprint density at radius 3 is 1.03 bits per heavy atom. The van der Waals surface area contributed by atoms with Gasteiger partial charge in [-0.15, -0.1) is 0 Å². The Hall–Kier alpha value is -6.56. The van der Waals surface area contributed by atoms with Gasteiger partial charge in [0, 0.05) is 33.0 Å². The van der Waals surface area contributed by atoms with Crippen LogP contribution in [0.4, 0.5) is 22.7 Å². The Morgan fingerprint density at radius 2 is 0.618 bits per heavy atom. The number of aromatic amines is 2. The topological polar surface area (TPSA) is 213 Å². The van der Waals surface area contributed by atoms with E-state index < -0.39 is 0 Å². The molecule has 12 nitrogen and oxygen atoms in total. The lowest BCUT2D eigenvalue weighted by Gasteiger charge is -2.24. The van der Waals surface area contributed by atoms with Crippen LogP contribution >= 0.6 is 0 Å². The van der Waals surface area contributed by atoms with Crippen molar-refractivity contribution in [1.82, 2.24) is 39.9 Å². The van der Waals surface area contributed by atoms with Gasteiger partial charge in [-0.05, 0) is 73.6 Å². The second-order valence-corrected chi connectivity index (χ2v) is 21.8. The molecule has 0 unspecified atom stereocenters. The van der Waals surface area contributed by atoms with Crippen LogP contribution in [0.15, 0.2) is 48.5 Å². The molecule has 10 N–H and O–H groups in total. The van der Waals surface area contributed by atoms with Crippen LogP contribution in [0.3, 0.4) is 0 Å². The highest BCUT2D eigenvalue weighted by Crippen LogP contribution is 2.47. The maximum absolute atomic E-state index is 7.05. The van der Waals surface area contributed by atoms with Crippen LogP contribution in [0.25, 0.3) is 89.7 Å². The number of aromatic nitrogens is 8. The molecule has 0 amide bonds. The molecule has 76 heavy (non-hydrogen) atoms. The molecule has 2 aliphatic rings. The lowest BCUT2D eigenvalue weighted by atomic mass is 9.79. The third-order valence-corrected chi connectivity index (χ3v) is 16.3. The van der Waals surface area contributed by atoms with Gasteiger partial charge in [0.1, 0.15) is 22.6 Å². The van der Waals surface area contributed by atoms with E-state index >= 15 is 0 Å². The Kier molecular flexibility index (Phi) is 18.5. The van der Waals surface area contributed by atoms with Crippen molar-refractivity contribution in [2.75, 3.05) is 22.9 Å². The summed E-state index contributed by atoms with van der Waals surface area (Å²) in [5.74, 6) is 2.30. The Labute approximate surface area is 451 Å². The van der Waals surface area contributed by atoms with Gasteiger partial charge < -0.3 is 32.9 Å². The largest absolute Gasteiger partial charge is 0.396 e. The fourth-order valence-electron chi connectivity index (χ4n) is 12.1. The number of rotatable bonds is 28. The van der Waals surface area contributed by atoms with Gasteiger partial charge in [-0.2, -0.15) is 0 Å². The standard InChI is InChI=1S/C64H86N12/c1-5-9-13-17-21-25-33-41-42(34-26-22-18-14-10-6-2)44(36-28-24-20-16-12-8-4)50-49(43(41)35-27-23-19-15-11-7-3)61-72-59-47-39-31-29-37-45(47)57(70-59)69-58-46-38-30-32-40-48(46)60(71-58)73-63-51-52(64(76-63)75-62(50)74-61)54(66)56(68)55(67)53(51)65/h29-32,37-40H,5-28,33-36,65-68H2,1-4H3,(H2,69,70,71,72,73,74,75,76). The van der Waals surface area contributed by atoms with Gasteiger partial charge in [0.25, 0.3) is 0 Å². The van der Waals surface area contributed by atoms with E-state index in [0.29, 0.717) is 62.3 Å². The van der Waals surface area contributed by atoms with E-state index in [2.05, 4.69) is 61.9 Å². The molecule has 12 heteroatoms. The maximum atomic E-state index is 7.05. The minimum absolute atomic E-state index is 0.207. The summed E-state index contributed by atoms with van der Waals surface area (Å²) in [7, 11) is 0. The Balaban J connectivity index is 1.39. The van der Waals surface area contributed by atoms with Gasteiger partial charge in [-0.3, -0.25) is 0 Å². The molecular formula is C64H86N12. The van der Waals surface area contributed by atoms with Gasteiger partial charge in [-0.25, -0.2) is 29.9 Å². The molecule has 9 rings (SSSR count). The normalized spacial score (nSPS) is 12.1. The zero-order valence-corrected chi connectivity index (χ0v) is 46.4. The number of H-pyrrole nitrogens is 2. The molecule has 7 aromatic rings. The molecule has 5 heterocycles. The number of unbranched alkanes of at least 4 members (excludes halogenated alkanes) is 20. The number of hydrogen-bond acceptors (Lipinski definition) is 10. The fourth-order valence-corrected chi connectivity index (χ4v) is 12.1. The third-order valence-electron chi connectivity index (χ3n) is 16.3. The first kappa shape index (κ1) is 54.2. The summed E-state index contributed by atoms with van der Waals surface area (Å²) in [5, 5.41) is 3.01. The van der Waals surface area contributed by atoms with Crippen molar-refractivity contribution in [3.63, 3.8) is 0 Å². The highest BCUT2D eigenvalue weighted by Gasteiger charge is 2.32. The average molecular weight is 1020 g/mol. The fraction of sp³-hybridized carbons (Fsp3) is 0.500. The molecule has 0 fully saturated rings. The van der Waals surface area contributed by atoms with E-state index in [-0.39, 0.29) is 17.1 Å². The summed E-state index contributed by atoms with van der Waals surface area (Å²) >= 11 is 0. The maximum Gasteiger partial charge on any atom is 0.165 e. The molecule has 4 aromatic carbocycles. The first-order chi connectivity index (χ1) is 37.3.